The number of phenolic OH excluding ortho intramolecular Hbond substituents is 2. The summed E-state index contributed by atoms with van der Waals surface area (Å²) in [6, 6.07) is 0. The van der Waals surface area contributed by atoms with Crippen LogP contribution in [0.15, 0.2) is 23.1 Å². The molecule has 190 valence electrons. The zero-order chi connectivity index (χ0) is 25.9. The lowest BCUT2D eigenvalue weighted by Crippen LogP contribution is -2.41. The van der Waals surface area contributed by atoms with E-state index in [0.29, 0.717) is 18.8 Å². The highest BCUT2D eigenvalue weighted by molar-refractivity contribution is 6.31. The number of hydrogen-bond donors (Lipinski definition) is 5. The number of allylic oxidation sites excluding steroid dienone is 4. The van der Waals surface area contributed by atoms with Gasteiger partial charge >= 0.3 is 0 Å². The van der Waals surface area contributed by atoms with Crippen LogP contribution in [0.1, 0.15) is 67.9 Å². The second-order valence-corrected chi connectivity index (χ2v) is 9.27. The fraction of sp³-hybridized carbons (Fsp3) is 0.500. The number of nitrogens with two attached hydrogens (primary N) is 1. The molecule has 0 spiro atoms. The van der Waals surface area contributed by atoms with Crippen molar-refractivity contribution in [2.75, 3.05) is 26.2 Å². The fourth-order valence-corrected chi connectivity index (χ4v) is 4.64. The van der Waals surface area contributed by atoms with Gasteiger partial charge in [0.2, 0.25) is 0 Å². The number of ether oxygens (including phenoxy) is 1. The molecule has 0 amide bonds. The molecule has 9 heteroatoms. The predicted molar refractivity (Wildman–Crippen MR) is 132 cm³/mol. The number of carbonyl (C=O) groups excluding carboxylic acids is 3. The average molecular weight is 486 g/mol. The second-order valence-electron chi connectivity index (χ2n) is 9.27. The number of rotatable bonds is 11. The van der Waals surface area contributed by atoms with Crippen molar-refractivity contribution in [1.82, 2.24) is 10.6 Å². The number of Topliss-reactive ketones (excluding diaryl/α,β-unsaturated/α-hetero) is 2. The molecule has 0 fully saturated rings. The van der Waals surface area contributed by atoms with Crippen molar-refractivity contribution < 1.29 is 29.3 Å². The van der Waals surface area contributed by atoms with Crippen LogP contribution in [-0.2, 0) is 15.0 Å². The number of nitrogens with one attached hydrogen (secondary N) is 2. The summed E-state index contributed by atoms with van der Waals surface area (Å²) in [7, 11) is 0. The maximum atomic E-state index is 13.7. The first-order valence-electron chi connectivity index (χ1n) is 12.0. The standard InChI is InChI=1S/C26H35N3O6/c1-14-22(32)20(16(3)30)24-21(23(14)33)26(4)18(35-24)13-17(31)19(25(26)34)15(2)29-12-8-11-28-10-7-5-6-9-27/h13,28-29,32-33H,5-12,27H2,1-4H3/b19-15+/t26-/m0/s1. The lowest BCUT2D eigenvalue weighted by molar-refractivity contribution is -0.123. The highest BCUT2D eigenvalue weighted by Gasteiger charge is 2.56. The minimum Gasteiger partial charge on any atom is -0.507 e. The van der Waals surface area contributed by atoms with Crippen molar-refractivity contribution in [2.45, 2.75) is 58.8 Å². The molecule has 0 saturated carbocycles. The van der Waals surface area contributed by atoms with E-state index in [1.165, 1.54) is 19.9 Å². The van der Waals surface area contributed by atoms with E-state index in [1.807, 2.05) is 0 Å². The molecule has 1 atom stereocenters. The molecule has 1 aliphatic heterocycles. The van der Waals surface area contributed by atoms with E-state index in [9.17, 15) is 24.6 Å². The zero-order valence-electron chi connectivity index (χ0n) is 20.8. The van der Waals surface area contributed by atoms with E-state index in [-0.39, 0.29) is 39.5 Å². The van der Waals surface area contributed by atoms with E-state index in [4.69, 9.17) is 10.5 Å². The first kappa shape index (κ1) is 26.4. The van der Waals surface area contributed by atoms with Gasteiger partial charge in [0.1, 0.15) is 34.0 Å². The van der Waals surface area contributed by atoms with Crippen LogP contribution in [0.3, 0.4) is 0 Å². The van der Waals surface area contributed by atoms with Crippen LogP contribution >= 0.6 is 0 Å². The molecule has 6 N–H and O–H groups in total. The van der Waals surface area contributed by atoms with Crippen LogP contribution in [-0.4, -0.2) is 53.7 Å². The summed E-state index contributed by atoms with van der Waals surface area (Å²) in [5, 5.41) is 27.8. The van der Waals surface area contributed by atoms with Crippen LogP contribution in [0.4, 0.5) is 0 Å². The molecule has 0 unspecified atom stereocenters. The monoisotopic (exact) mass is 485 g/mol. The van der Waals surface area contributed by atoms with Gasteiger partial charge in [0, 0.05) is 23.9 Å². The maximum absolute atomic E-state index is 13.7. The van der Waals surface area contributed by atoms with Crippen LogP contribution in [0.5, 0.6) is 17.2 Å². The molecule has 35 heavy (non-hydrogen) atoms. The van der Waals surface area contributed by atoms with Crippen LogP contribution in [0.2, 0.25) is 0 Å². The number of phenols is 2. The molecule has 1 aromatic carbocycles. The summed E-state index contributed by atoms with van der Waals surface area (Å²) < 4.78 is 5.77. The molecule has 1 heterocycles. The van der Waals surface area contributed by atoms with Gasteiger partial charge in [-0.05, 0) is 66.6 Å². The highest BCUT2D eigenvalue weighted by atomic mass is 16.5. The largest absolute Gasteiger partial charge is 0.507 e. The van der Waals surface area contributed by atoms with Crippen molar-refractivity contribution in [1.29, 1.82) is 0 Å². The third-order valence-corrected chi connectivity index (χ3v) is 6.74. The van der Waals surface area contributed by atoms with Gasteiger partial charge in [-0.2, -0.15) is 0 Å². The molecule has 1 aromatic rings. The fourth-order valence-electron chi connectivity index (χ4n) is 4.64. The Morgan fingerprint density at radius 1 is 1.06 bits per heavy atom. The maximum Gasteiger partial charge on any atom is 0.194 e. The molecule has 0 bridgehead atoms. The van der Waals surface area contributed by atoms with E-state index in [2.05, 4.69) is 10.6 Å². The SMILES string of the molecule is CC(=O)c1c(O)c(C)c(O)c2c1OC1=CC(=O)/C(=C(/C)NCCCNCCCCCN)C(=O)[C@@]12C. The van der Waals surface area contributed by atoms with Gasteiger partial charge in [0.05, 0.1) is 11.1 Å². The lowest BCUT2D eigenvalue weighted by atomic mass is 9.70. The number of carbonyl (C=O) groups is 3. The minimum atomic E-state index is -1.50. The van der Waals surface area contributed by atoms with Gasteiger partial charge < -0.3 is 31.3 Å². The third-order valence-electron chi connectivity index (χ3n) is 6.74. The normalized spacial score (nSPS) is 20.2. The van der Waals surface area contributed by atoms with Crippen molar-refractivity contribution in [3.63, 3.8) is 0 Å². The number of unbranched alkanes of at least 4 members (excludes halogenated alkanes) is 2. The van der Waals surface area contributed by atoms with E-state index in [0.717, 1.165) is 38.8 Å². The van der Waals surface area contributed by atoms with Crippen LogP contribution in [0.25, 0.3) is 0 Å². The smallest absolute Gasteiger partial charge is 0.194 e. The van der Waals surface area contributed by atoms with Crippen molar-refractivity contribution >= 4 is 17.3 Å². The Balaban J connectivity index is 1.82. The van der Waals surface area contributed by atoms with E-state index in [1.54, 1.807) is 13.8 Å². The summed E-state index contributed by atoms with van der Waals surface area (Å²) in [5.74, 6) is -2.32. The third kappa shape index (κ3) is 4.70. The predicted octanol–water partition coefficient (Wildman–Crippen LogP) is 2.27. The Bertz CT molecular complexity index is 1120. The van der Waals surface area contributed by atoms with Crippen molar-refractivity contribution in [2.24, 2.45) is 5.73 Å². The molecule has 2 aliphatic rings. The summed E-state index contributed by atoms with van der Waals surface area (Å²) in [5.41, 5.74) is 4.45. The molecular formula is C26H35N3O6. The highest BCUT2D eigenvalue weighted by Crippen LogP contribution is 2.57. The van der Waals surface area contributed by atoms with Crippen LogP contribution < -0.4 is 21.1 Å². The Morgan fingerprint density at radius 2 is 1.74 bits per heavy atom. The summed E-state index contributed by atoms with van der Waals surface area (Å²) in [6.45, 7) is 8.94. The summed E-state index contributed by atoms with van der Waals surface area (Å²) in [6.07, 6.45) is 5.22. The van der Waals surface area contributed by atoms with Crippen molar-refractivity contribution in [3.8, 4) is 17.2 Å². The average Bonchev–Trinajstić information content (AvgIpc) is 3.09. The Morgan fingerprint density at radius 3 is 2.40 bits per heavy atom. The van der Waals surface area contributed by atoms with Crippen molar-refractivity contribution in [3.05, 3.63) is 39.8 Å². The summed E-state index contributed by atoms with van der Waals surface area (Å²) >= 11 is 0. The zero-order valence-corrected chi connectivity index (χ0v) is 20.8. The lowest BCUT2D eigenvalue weighted by Gasteiger charge is -2.29. The topological polar surface area (TPSA) is 151 Å². The first-order chi connectivity index (χ1) is 16.6. The van der Waals surface area contributed by atoms with E-state index < -0.39 is 28.5 Å². The number of fused-ring (bicyclic) bond motifs is 3. The van der Waals surface area contributed by atoms with E-state index >= 15 is 0 Å². The Hall–Kier alpha value is -3.17. The van der Waals surface area contributed by atoms with Gasteiger partial charge in [-0.15, -0.1) is 0 Å². The number of aromatic hydroxyl groups is 2. The number of benzene rings is 1. The molecule has 1 aliphatic carbocycles. The molecule has 0 aromatic heterocycles. The van der Waals surface area contributed by atoms with Gasteiger partial charge in [0.15, 0.2) is 17.3 Å². The van der Waals surface area contributed by atoms with Gasteiger partial charge in [-0.1, -0.05) is 6.42 Å². The second kappa shape index (κ2) is 10.6. The molecule has 3 rings (SSSR count). The molecule has 0 saturated heterocycles. The van der Waals surface area contributed by atoms with Gasteiger partial charge in [-0.25, -0.2) is 0 Å². The van der Waals surface area contributed by atoms with Gasteiger partial charge in [0.25, 0.3) is 0 Å². The number of ketones is 3. The molecule has 0 radical (unpaired) electrons. The van der Waals surface area contributed by atoms with Crippen LogP contribution in [0, 0.1) is 6.92 Å². The summed E-state index contributed by atoms with van der Waals surface area (Å²) in [4.78, 5) is 38.9. The molecular weight excluding hydrogens is 450 g/mol. The number of hydrogen-bond acceptors (Lipinski definition) is 9. The quantitative estimate of drug-likeness (QED) is 0.138. The Kier molecular flexibility index (Phi) is 8.02. The Labute approximate surface area is 205 Å². The molecule has 9 nitrogen and oxygen atoms in total. The van der Waals surface area contributed by atoms with Gasteiger partial charge in [-0.3, -0.25) is 14.4 Å². The first-order valence-corrected chi connectivity index (χ1v) is 12.0. The minimum absolute atomic E-state index is 0.0167.